The standard InChI is InChI=1S/C15H13FN4OS/c1-2-14-18-19-15(22)20(14)17-9-10-7-8-13(21-10)11-5-3-4-6-12(11)16/h3-9H,2H2,1H3,(H,19,22)/b17-9-. The SMILES string of the molecule is CCc1n[nH]c(=S)n1/N=C\c1ccc(-c2ccccc2F)o1. The number of aromatic amines is 1. The number of rotatable bonds is 4. The third-order valence-corrected chi connectivity index (χ3v) is 3.36. The van der Waals surface area contributed by atoms with E-state index in [2.05, 4.69) is 15.3 Å². The topological polar surface area (TPSA) is 59.1 Å². The van der Waals surface area contributed by atoms with Crippen molar-refractivity contribution in [3.05, 3.63) is 58.6 Å². The van der Waals surface area contributed by atoms with Gasteiger partial charge in [0, 0.05) is 6.42 Å². The summed E-state index contributed by atoms with van der Waals surface area (Å²) in [5.74, 6) is 1.35. The van der Waals surface area contributed by atoms with Crippen LogP contribution in [-0.2, 0) is 6.42 Å². The normalized spacial score (nSPS) is 11.4. The van der Waals surface area contributed by atoms with Gasteiger partial charge in [0.15, 0.2) is 5.82 Å². The molecule has 0 saturated carbocycles. The summed E-state index contributed by atoms with van der Waals surface area (Å²) in [5, 5.41) is 11.0. The number of halogens is 1. The van der Waals surface area contributed by atoms with E-state index in [1.807, 2.05) is 6.92 Å². The number of nitrogens with zero attached hydrogens (tertiary/aromatic N) is 3. The number of hydrogen-bond donors (Lipinski definition) is 1. The van der Waals surface area contributed by atoms with Gasteiger partial charge in [-0.25, -0.2) is 4.39 Å². The zero-order chi connectivity index (χ0) is 15.5. The Morgan fingerprint density at radius 2 is 2.18 bits per heavy atom. The fourth-order valence-corrected chi connectivity index (χ4v) is 2.21. The quantitative estimate of drug-likeness (QED) is 0.588. The van der Waals surface area contributed by atoms with Gasteiger partial charge in [-0.2, -0.15) is 14.9 Å². The molecule has 22 heavy (non-hydrogen) atoms. The Morgan fingerprint density at radius 1 is 1.36 bits per heavy atom. The van der Waals surface area contributed by atoms with Gasteiger partial charge in [-0.1, -0.05) is 19.1 Å². The molecule has 0 fully saturated rings. The highest BCUT2D eigenvalue weighted by atomic mass is 32.1. The van der Waals surface area contributed by atoms with E-state index in [1.54, 1.807) is 30.3 Å². The molecule has 0 bridgehead atoms. The average molecular weight is 316 g/mol. The van der Waals surface area contributed by atoms with Crippen LogP contribution in [0.2, 0.25) is 0 Å². The van der Waals surface area contributed by atoms with Crippen molar-refractivity contribution in [2.75, 3.05) is 0 Å². The van der Waals surface area contributed by atoms with Crippen molar-refractivity contribution < 1.29 is 8.81 Å². The number of aromatic nitrogens is 3. The second-order valence-electron chi connectivity index (χ2n) is 4.54. The minimum Gasteiger partial charge on any atom is -0.455 e. The molecule has 0 aliphatic carbocycles. The van der Waals surface area contributed by atoms with Crippen LogP contribution in [0.25, 0.3) is 11.3 Å². The Morgan fingerprint density at radius 3 is 2.95 bits per heavy atom. The summed E-state index contributed by atoms with van der Waals surface area (Å²) in [6, 6.07) is 9.88. The van der Waals surface area contributed by atoms with Gasteiger partial charge in [0.05, 0.1) is 11.8 Å². The Labute approximate surface area is 131 Å². The Balaban J connectivity index is 1.89. The minimum atomic E-state index is -0.328. The van der Waals surface area contributed by atoms with Crippen molar-refractivity contribution in [3.63, 3.8) is 0 Å². The van der Waals surface area contributed by atoms with Gasteiger partial charge in [-0.3, -0.25) is 5.10 Å². The third-order valence-electron chi connectivity index (χ3n) is 3.10. The fraction of sp³-hybridized carbons (Fsp3) is 0.133. The molecule has 0 aliphatic rings. The highest BCUT2D eigenvalue weighted by Crippen LogP contribution is 2.24. The zero-order valence-electron chi connectivity index (χ0n) is 11.8. The lowest BCUT2D eigenvalue weighted by molar-refractivity contribution is 0.562. The highest BCUT2D eigenvalue weighted by Gasteiger charge is 2.08. The van der Waals surface area contributed by atoms with Crippen molar-refractivity contribution in [1.29, 1.82) is 0 Å². The predicted octanol–water partition coefficient (Wildman–Crippen LogP) is 3.78. The Bertz CT molecular complexity index is 878. The average Bonchev–Trinajstić information content (AvgIpc) is 3.12. The summed E-state index contributed by atoms with van der Waals surface area (Å²) < 4.78 is 21.3. The first-order valence-corrected chi connectivity index (χ1v) is 7.15. The number of furan rings is 1. The molecule has 5 nitrogen and oxygen atoms in total. The molecule has 0 saturated heterocycles. The molecule has 7 heteroatoms. The Kier molecular flexibility index (Phi) is 3.97. The van der Waals surface area contributed by atoms with Gasteiger partial charge in [-0.15, -0.1) is 0 Å². The molecule has 0 spiro atoms. The van der Waals surface area contributed by atoms with Crippen molar-refractivity contribution >= 4 is 18.4 Å². The Hall–Kier alpha value is -2.54. The fourth-order valence-electron chi connectivity index (χ4n) is 2.01. The van der Waals surface area contributed by atoms with Gasteiger partial charge in [0.2, 0.25) is 4.77 Å². The summed E-state index contributed by atoms with van der Waals surface area (Å²) in [7, 11) is 0. The molecule has 0 atom stereocenters. The van der Waals surface area contributed by atoms with Crippen LogP contribution in [0.3, 0.4) is 0 Å². The van der Waals surface area contributed by atoms with Crippen LogP contribution in [-0.4, -0.2) is 21.1 Å². The molecule has 0 aliphatic heterocycles. The second kappa shape index (κ2) is 6.07. The maximum absolute atomic E-state index is 13.7. The van der Waals surface area contributed by atoms with E-state index in [1.165, 1.54) is 17.0 Å². The lowest BCUT2D eigenvalue weighted by Gasteiger charge is -1.98. The number of nitrogens with one attached hydrogen (secondary N) is 1. The number of benzene rings is 1. The molecule has 0 amide bonds. The van der Waals surface area contributed by atoms with E-state index in [9.17, 15) is 4.39 Å². The summed E-state index contributed by atoms with van der Waals surface area (Å²) in [6.45, 7) is 1.96. The largest absolute Gasteiger partial charge is 0.455 e. The van der Waals surface area contributed by atoms with Crippen LogP contribution in [0.15, 0.2) is 45.9 Å². The number of aryl methyl sites for hydroxylation is 1. The van der Waals surface area contributed by atoms with Crippen LogP contribution in [0.5, 0.6) is 0 Å². The first-order valence-electron chi connectivity index (χ1n) is 6.74. The van der Waals surface area contributed by atoms with Crippen LogP contribution in [0.4, 0.5) is 4.39 Å². The van der Waals surface area contributed by atoms with Gasteiger partial charge in [0.1, 0.15) is 17.3 Å². The van der Waals surface area contributed by atoms with Gasteiger partial charge >= 0.3 is 0 Å². The first kappa shape index (κ1) is 14.4. The molecule has 3 rings (SSSR count). The smallest absolute Gasteiger partial charge is 0.216 e. The van der Waals surface area contributed by atoms with Crippen molar-refractivity contribution in [2.24, 2.45) is 5.10 Å². The van der Waals surface area contributed by atoms with E-state index < -0.39 is 0 Å². The van der Waals surface area contributed by atoms with Gasteiger partial charge in [-0.05, 0) is 36.5 Å². The van der Waals surface area contributed by atoms with Crippen molar-refractivity contribution in [2.45, 2.75) is 13.3 Å². The van der Waals surface area contributed by atoms with Crippen molar-refractivity contribution in [3.8, 4) is 11.3 Å². The monoisotopic (exact) mass is 316 g/mol. The molecule has 112 valence electrons. The van der Waals surface area contributed by atoms with E-state index in [0.717, 1.165) is 5.82 Å². The lowest BCUT2D eigenvalue weighted by atomic mass is 10.1. The first-order chi connectivity index (χ1) is 10.7. The summed E-state index contributed by atoms with van der Waals surface area (Å²) >= 11 is 5.10. The number of hydrogen-bond acceptors (Lipinski definition) is 4. The molecule has 0 unspecified atom stereocenters. The highest BCUT2D eigenvalue weighted by molar-refractivity contribution is 7.71. The van der Waals surface area contributed by atoms with E-state index in [4.69, 9.17) is 16.6 Å². The van der Waals surface area contributed by atoms with Gasteiger partial charge < -0.3 is 4.42 Å². The molecule has 3 aromatic rings. The van der Waals surface area contributed by atoms with E-state index >= 15 is 0 Å². The van der Waals surface area contributed by atoms with Crippen LogP contribution in [0, 0.1) is 10.6 Å². The minimum absolute atomic E-state index is 0.328. The molecule has 0 radical (unpaired) electrons. The molecule has 2 heterocycles. The zero-order valence-corrected chi connectivity index (χ0v) is 12.6. The van der Waals surface area contributed by atoms with Crippen LogP contribution in [0.1, 0.15) is 18.5 Å². The summed E-state index contributed by atoms with van der Waals surface area (Å²) in [6.07, 6.45) is 2.22. The van der Waals surface area contributed by atoms with E-state index in [0.29, 0.717) is 28.3 Å². The summed E-state index contributed by atoms with van der Waals surface area (Å²) in [4.78, 5) is 0. The predicted molar refractivity (Wildman–Crippen MR) is 83.9 cm³/mol. The molecule has 1 aromatic carbocycles. The second-order valence-corrected chi connectivity index (χ2v) is 4.92. The van der Waals surface area contributed by atoms with Crippen LogP contribution >= 0.6 is 12.2 Å². The maximum atomic E-state index is 13.7. The number of H-pyrrole nitrogens is 1. The van der Waals surface area contributed by atoms with Crippen LogP contribution < -0.4 is 0 Å². The van der Waals surface area contributed by atoms with Crippen molar-refractivity contribution in [1.82, 2.24) is 14.9 Å². The summed E-state index contributed by atoms with van der Waals surface area (Å²) in [5.41, 5.74) is 0.413. The molecule has 1 N–H and O–H groups in total. The maximum Gasteiger partial charge on any atom is 0.216 e. The molecule has 2 aromatic heterocycles. The molecular weight excluding hydrogens is 303 g/mol. The van der Waals surface area contributed by atoms with Gasteiger partial charge in [0.25, 0.3) is 0 Å². The lowest BCUT2D eigenvalue weighted by Crippen LogP contribution is -1.96. The molecular formula is C15H13FN4OS. The third kappa shape index (κ3) is 2.75. The van der Waals surface area contributed by atoms with E-state index in [-0.39, 0.29) is 5.82 Å².